The van der Waals surface area contributed by atoms with E-state index in [0.29, 0.717) is 6.54 Å². The van der Waals surface area contributed by atoms with Gasteiger partial charge in [-0.1, -0.05) is 20.8 Å². The van der Waals surface area contributed by atoms with Crippen LogP contribution in [0.3, 0.4) is 0 Å². The molecule has 1 amide bonds. The zero-order chi connectivity index (χ0) is 13.2. The van der Waals surface area contributed by atoms with E-state index >= 15 is 0 Å². The lowest BCUT2D eigenvalue weighted by atomic mass is 9.96. The molecule has 0 aliphatic heterocycles. The number of likely N-dealkylation sites (N-methyl/N-ethyl adjacent to an activating group) is 1. The van der Waals surface area contributed by atoms with Crippen molar-refractivity contribution in [2.45, 2.75) is 26.8 Å². The quantitative estimate of drug-likeness (QED) is 0.851. The Bertz CT molecular complexity index is 391. The van der Waals surface area contributed by atoms with Gasteiger partial charge in [-0.15, -0.1) is 0 Å². The van der Waals surface area contributed by atoms with Gasteiger partial charge in [-0.25, -0.2) is 0 Å². The summed E-state index contributed by atoms with van der Waals surface area (Å²) in [4.78, 5) is 13.8. The molecule has 1 aromatic rings. The minimum atomic E-state index is -0.629. The number of aryl methyl sites for hydroxylation is 1. The molecular weight excluding hydrogens is 216 g/mol. The molecule has 0 radical (unpaired) electrons. The van der Waals surface area contributed by atoms with Gasteiger partial charge < -0.3 is 10.6 Å². The first-order valence-corrected chi connectivity index (χ1v) is 5.70. The topological polar surface area (TPSA) is 64.2 Å². The van der Waals surface area contributed by atoms with Crippen molar-refractivity contribution in [1.29, 1.82) is 0 Å². The van der Waals surface area contributed by atoms with Crippen LogP contribution in [-0.2, 0) is 11.8 Å². The molecule has 5 heteroatoms. The molecule has 17 heavy (non-hydrogen) atoms. The lowest BCUT2D eigenvalue weighted by Gasteiger charge is -2.28. The Morgan fingerprint density at radius 2 is 2.18 bits per heavy atom. The predicted octanol–water partition coefficient (Wildman–Crippen LogP) is 0.924. The van der Waals surface area contributed by atoms with E-state index in [2.05, 4.69) is 25.9 Å². The molecule has 0 aliphatic carbocycles. The maximum atomic E-state index is 12.1. The van der Waals surface area contributed by atoms with Gasteiger partial charge in [0.15, 0.2) is 0 Å². The van der Waals surface area contributed by atoms with Crippen molar-refractivity contribution in [3.8, 4) is 0 Å². The van der Waals surface area contributed by atoms with Crippen LogP contribution in [0, 0.1) is 5.41 Å². The zero-order valence-electron chi connectivity index (χ0n) is 11.3. The summed E-state index contributed by atoms with van der Waals surface area (Å²) < 4.78 is 1.65. The smallest absolute Gasteiger partial charge is 0.243 e. The molecule has 0 spiro atoms. The van der Waals surface area contributed by atoms with E-state index in [4.69, 9.17) is 5.73 Å². The number of carbonyl (C=O) groups excluding carboxylic acids is 1. The molecule has 1 aromatic heterocycles. The molecule has 96 valence electrons. The highest BCUT2D eigenvalue weighted by Gasteiger charge is 2.24. The predicted molar refractivity (Wildman–Crippen MR) is 67.2 cm³/mol. The highest BCUT2D eigenvalue weighted by Crippen LogP contribution is 2.17. The SMILES string of the molecule is CN(CC(C)(C)C)C(=O)C(N)c1cnn(C)c1. The lowest BCUT2D eigenvalue weighted by molar-refractivity contribution is -0.132. The average molecular weight is 238 g/mol. The third-order valence-corrected chi connectivity index (χ3v) is 2.44. The Morgan fingerprint density at radius 1 is 1.59 bits per heavy atom. The van der Waals surface area contributed by atoms with E-state index in [1.807, 2.05) is 0 Å². The Balaban J connectivity index is 2.70. The minimum Gasteiger partial charge on any atom is -0.344 e. The highest BCUT2D eigenvalue weighted by molar-refractivity contribution is 5.82. The van der Waals surface area contributed by atoms with Crippen LogP contribution in [0.15, 0.2) is 12.4 Å². The van der Waals surface area contributed by atoms with Gasteiger partial charge in [0, 0.05) is 32.4 Å². The van der Waals surface area contributed by atoms with Gasteiger partial charge in [-0.2, -0.15) is 5.10 Å². The van der Waals surface area contributed by atoms with Crippen LogP contribution in [0.25, 0.3) is 0 Å². The second-order valence-corrected chi connectivity index (χ2v) is 5.68. The summed E-state index contributed by atoms with van der Waals surface area (Å²) in [6, 6.07) is -0.629. The fourth-order valence-corrected chi connectivity index (χ4v) is 1.77. The molecular formula is C12H22N4O. The van der Waals surface area contributed by atoms with Crippen LogP contribution >= 0.6 is 0 Å². The molecule has 1 unspecified atom stereocenters. The Labute approximate surface area is 103 Å². The lowest BCUT2D eigenvalue weighted by Crippen LogP contribution is -2.40. The molecule has 1 atom stereocenters. The number of nitrogens with zero attached hydrogens (tertiary/aromatic N) is 3. The molecule has 0 saturated heterocycles. The maximum Gasteiger partial charge on any atom is 0.243 e. The van der Waals surface area contributed by atoms with Crippen LogP contribution in [-0.4, -0.2) is 34.2 Å². The third-order valence-electron chi connectivity index (χ3n) is 2.44. The number of carbonyl (C=O) groups is 1. The largest absolute Gasteiger partial charge is 0.344 e. The minimum absolute atomic E-state index is 0.0685. The first kappa shape index (κ1) is 13.7. The summed E-state index contributed by atoms with van der Waals surface area (Å²) in [5, 5.41) is 4.02. The Morgan fingerprint density at radius 3 is 2.59 bits per heavy atom. The number of nitrogens with two attached hydrogens (primary N) is 1. The fourth-order valence-electron chi connectivity index (χ4n) is 1.77. The van der Waals surface area contributed by atoms with E-state index < -0.39 is 6.04 Å². The first-order valence-electron chi connectivity index (χ1n) is 5.70. The molecule has 0 aliphatic rings. The van der Waals surface area contributed by atoms with Crippen molar-refractivity contribution in [3.63, 3.8) is 0 Å². The molecule has 2 N–H and O–H groups in total. The van der Waals surface area contributed by atoms with Crippen LogP contribution in [0.4, 0.5) is 0 Å². The number of rotatable bonds is 3. The molecule has 0 saturated carbocycles. The second-order valence-electron chi connectivity index (χ2n) is 5.68. The van der Waals surface area contributed by atoms with E-state index in [0.717, 1.165) is 5.56 Å². The fraction of sp³-hybridized carbons (Fsp3) is 0.667. The van der Waals surface area contributed by atoms with E-state index in [9.17, 15) is 4.79 Å². The molecule has 0 bridgehead atoms. The van der Waals surface area contributed by atoms with Crippen molar-refractivity contribution in [2.75, 3.05) is 13.6 Å². The van der Waals surface area contributed by atoms with Gasteiger partial charge in [0.25, 0.3) is 0 Å². The summed E-state index contributed by atoms with van der Waals surface area (Å²) in [6.07, 6.45) is 3.40. The van der Waals surface area contributed by atoms with Crippen LogP contribution < -0.4 is 5.73 Å². The molecule has 1 rings (SSSR count). The number of amides is 1. The van der Waals surface area contributed by atoms with E-state index in [1.165, 1.54) is 0 Å². The summed E-state index contributed by atoms with van der Waals surface area (Å²) in [5.74, 6) is -0.0760. The summed E-state index contributed by atoms with van der Waals surface area (Å²) in [7, 11) is 3.59. The van der Waals surface area contributed by atoms with Gasteiger partial charge in [0.2, 0.25) is 5.91 Å². The van der Waals surface area contributed by atoms with Gasteiger partial charge in [0.05, 0.1) is 6.20 Å². The summed E-state index contributed by atoms with van der Waals surface area (Å²) in [5.41, 5.74) is 6.74. The highest BCUT2D eigenvalue weighted by atomic mass is 16.2. The summed E-state index contributed by atoms with van der Waals surface area (Å²) in [6.45, 7) is 6.95. The zero-order valence-corrected chi connectivity index (χ0v) is 11.3. The number of aromatic nitrogens is 2. The van der Waals surface area contributed by atoms with Crippen molar-refractivity contribution >= 4 is 5.91 Å². The normalized spacial score (nSPS) is 13.5. The summed E-state index contributed by atoms with van der Waals surface area (Å²) >= 11 is 0. The molecule has 0 fully saturated rings. The Hall–Kier alpha value is -1.36. The monoisotopic (exact) mass is 238 g/mol. The third kappa shape index (κ3) is 3.85. The standard InChI is InChI=1S/C12H22N4O/c1-12(2,3)8-15(4)11(17)10(13)9-6-14-16(5)7-9/h6-7,10H,8,13H2,1-5H3. The van der Waals surface area contributed by atoms with Crippen molar-refractivity contribution in [3.05, 3.63) is 18.0 Å². The number of hydrogen-bond acceptors (Lipinski definition) is 3. The maximum absolute atomic E-state index is 12.1. The molecule has 0 aromatic carbocycles. The molecule has 1 heterocycles. The number of hydrogen-bond donors (Lipinski definition) is 1. The second kappa shape index (κ2) is 4.87. The van der Waals surface area contributed by atoms with Crippen molar-refractivity contribution in [1.82, 2.24) is 14.7 Å². The van der Waals surface area contributed by atoms with Crippen molar-refractivity contribution < 1.29 is 4.79 Å². The van der Waals surface area contributed by atoms with E-state index in [-0.39, 0.29) is 11.3 Å². The Kier molecular flexibility index (Phi) is 3.93. The van der Waals surface area contributed by atoms with E-state index in [1.54, 1.807) is 36.1 Å². The van der Waals surface area contributed by atoms with Crippen LogP contribution in [0.5, 0.6) is 0 Å². The average Bonchev–Trinajstić information content (AvgIpc) is 2.60. The van der Waals surface area contributed by atoms with Gasteiger partial charge in [0.1, 0.15) is 6.04 Å². The van der Waals surface area contributed by atoms with Gasteiger partial charge in [-0.05, 0) is 5.41 Å². The van der Waals surface area contributed by atoms with Gasteiger partial charge >= 0.3 is 0 Å². The van der Waals surface area contributed by atoms with Crippen molar-refractivity contribution in [2.24, 2.45) is 18.2 Å². The molecule has 5 nitrogen and oxygen atoms in total. The van der Waals surface area contributed by atoms with Crippen LogP contribution in [0.2, 0.25) is 0 Å². The first-order chi connectivity index (χ1) is 7.70. The van der Waals surface area contributed by atoms with Crippen LogP contribution in [0.1, 0.15) is 32.4 Å². The van der Waals surface area contributed by atoms with Gasteiger partial charge in [-0.3, -0.25) is 9.48 Å².